The van der Waals surface area contributed by atoms with E-state index in [1.165, 1.54) is 0 Å². The highest BCUT2D eigenvalue weighted by Gasteiger charge is 2.20. The minimum Gasteiger partial charge on any atom is -0.376 e. The number of hydrogen-bond donors (Lipinski definition) is 1. The first-order chi connectivity index (χ1) is 5.84. The lowest BCUT2D eigenvalue weighted by molar-refractivity contribution is -0.0758. The second kappa shape index (κ2) is 5.51. The standard InChI is InChI=1S/C9H19NO2/c1-3-5-11-8(2)9-7-10-4-6-12-9/h8-10H,3-7H2,1-2H3. The number of nitrogens with one attached hydrogen (secondary N) is 1. The van der Waals surface area contributed by atoms with Crippen LogP contribution in [0.5, 0.6) is 0 Å². The van der Waals surface area contributed by atoms with Crippen LogP contribution in [0, 0.1) is 0 Å². The fraction of sp³-hybridized carbons (Fsp3) is 1.00. The van der Waals surface area contributed by atoms with Crippen LogP contribution in [0.4, 0.5) is 0 Å². The summed E-state index contributed by atoms with van der Waals surface area (Å²) in [5.41, 5.74) is 0. The van der Waals surface area contributed by atoms with E-state index >= 15 is 0 Å². The average molecular weight is 173 g/mol. The van der Waals surface area contributed by atoms with Crippen molar-refractivity contribution in [2.75, 3.05) is 26.3 Å². The Kier molecular flexibility index (Phi) is 4.58. The van der Waals surface area contributed by atoms with Gasteiger partial charge in [-0.2, -0.15) is 0 Å². The van der Waals surface area contributed by atoms with E-state index in [0.29, 0.717) is 0 Å². The first kappa shape index (κ1) is 9.96. The van der Waals surface area contributed by atoms with Crippen LogP contribution in [0.3, 0.4) is 0 Å². The van der Waals surface area contributed by atoms with Crippen LogP contribution in [-0.4, -0.2) is 38.5 Å². The van der Waals surface area contributed by atoms with Gasteiger partial charge in [0.05, 0.1) is 18.8 Å². The fourth-order valence-corrected chi connectivity index (χ4v) is 1.30. The van der Waals surface area contributed by atoms with Crippen LogP contribution in [0.1, 0.15) is 20.3 Å². The molecular weight excluding hydrogens is 154 g/mol. The van der Waals surface area contributed by atoms with Crippen molar-refractivity contribution in [3.63, 3.8) is 0 Å². The van der Waals surface area contributed by atoms with E-state index in [1.54, 1.807) is 0 Å². The molecule has 1 heterocycles. The molecule has 3 nitrogen and oxygen atoms in total. The van der Waals surface area contributed by atoms with Crippen molar-refractivity contribution in [3.05, 3.63) is 0 Å². The smallest absolute Gasteiger partial charge is 0.0958 e. The Morgan fingerprint density at radius 1 is 1.67 bits per heavy atom. The van der Waals surface area contributed by atoms with E-state index in [9.17, 15) is 0 Å². The van der Waals surface area contributed by atoms with Gasteiger partial charge in [0.25, 0.3) is 0 Å². The Balaban J connectivity index is 2.15. The maximum atomic E-state index is 5.57. The van der Waals surface area contributed by atoms with Gasteiger partial charge in [0.2, 0.25) is 0 Å². The Morgan fingerprint density at radius 2 is 2.50 bits per heavy atom. The SMILES string of the molecule is CCCOC(C)C1CNCCO1. The van der Waals surface area contributed by atoms with Crippen molar-refractivity contribution in [1.29, 1.82) is 0 Å². The largest absolute Gasteiger partial charge is 0.376 e. The molecule has 0 aromatic carbocycles. The second-order valence-electron chi connectivity index (χ2n) is 3.19. The van der Waals surface area contributed by atoms with E-state index in [2.05, 4.69) is 19.2 Å². The highest BCUT2D eigenvalue weighted by atomic mass is 16.5. The maximum absolute atomic E-state index is 5.57. The molecular formula is C9H19NO2. The molecule has 72 valence electrons. The molecule has 0 spiro atoms. The molecule has 3 heteroatoms. The van der Waals surface area contributed by atoms with Gasteiger partial charge in [0.15, 0.2) is 0 Å². The average Bonchev–Trinajstić information content (AvgIpc) is 2.15. The molecule has 1 rings (SSSR count). The van der Waals surface area contributed by atoms with Crippen molar-refractivity contribution in [2.24, 2.45) is 0 Å². The molecule has 0 saturated carbocycles. The molecule has 12 heavy (non-hydrogen) atoms. The van der Waals surface area contributed by atoms with Crippen molar-refractivity contribution in [2.45, 2.75) is 32.5 Å². The Bertz CT molecular complexity index is 113. The Hall–Kier alpha value is -0.120. The van der Waals surface area contributed by atoms with Crippen LogP contribution >= 0.6 is 0 Å². The van der Waals surface area contributed by atoms with Crippen molar-refractivity contribution >= 4 is 0 Å². The molecule has 0 amide bonds. The first-order valence-corrected chi connectivity index (χ1v) is 4.78. The zero-order chi connectivity index (χ0) is 8.81. The molecule has 1 saturated heterocycles. The maximum Gasteiger partial charge on any atom is 0.0958 e. The van der Waals surface area contributed by atoms with E-state index in [-0.39, 0.29) is 12.2 Å². The van der Waals surface area contributed by atoms with Crippen molar-refractivity contribution in [3.8, 4) is 0 Å². The molecule has 0 aliphatic carbocycles. The highest BCUT2D eigenvalue weighted by Crippen LogP contribution is 2.05. The van der Waals surface area contributed by atoms with Crippen LogP contribution in [0.2, 0.25) is 0 Å². The Morgan fingerprint density at radius 3 is 3.08 bits per heavy atom. The molecule has 1 fully saturated rings. The summed E-state index contributed by atoms with van der Waals surface area (Å²) in [5.74, 6) is 0. The normalized spacial score (nSPS) is 27.0. The molecule has 0 aromatic heterocycles. The lowest BCUT2D eigenvalue weighted by Crippen LogP contribution is -2.45. The van der Waals surface area contributed by atoms with Gasteiger partial charge in [-0.1, -0.05) is 6.92 Å². The molecule has 2 unspecified atom stereocenters. The lowest BCUT2D eigenvalue weighted by Gasteiger charge is -2.28. The van der Waals surface area contributed by atoms with E-state index in [4.69, 9.17) is 9.47 Å². The molecule has 0 bridgehead atoms. The van der Waals surface area contributed by atoms with Crippen molar-refractivity contribution < 1.29 is 9.47 Å². The van der Waals surface area contributed by atoms with Crippen LogP contribution < -0.4 is 5.32 Å². The summed E-state index contributed by atoms with van der Waals surface area (Å²) >= 11 is 0. The third kappa shape index (κ3) is 3.09. The summed E-state index contributed by atoms with van der Waals surface area (Å²) in [7, 11) is 0. The summed E-state index contributed by atoms with van der Waals surface area (Å²) in [5, 5.41) is 3.29. The zero-order valence-electron chi connectivity index (χ0n) is 8.01. The van der Waals surface area contributed by atoms with Gasteiger partial charge in [0.1, 0.15) is 0 Å². The molecule has 1 aliphatic rings. The number of morpholine rings is 1. The van der Waals surface area contributed by atoms with Gasteiger partial charge < -0.3 is 14.8 Å². The zero-order valence-corrected chi connectivity index (χ0v) is 8.01. The number of rotatable bonds is 4. The van der Waals surface area contributed by atoms with Crippen molar-refractivity contribution in [1.82, 2.24) is 5.32 Å². The molecule has 0 radical (unpaired) electrons. The van der Waals surface area contributed by atoms with Crippen LogP contribution in [0.25, 0.3) is 0 Å². The molecule has 1 aliphatic heterocycles. The third-order valence-corrected chi connectivity index (χ3v) is 2.06. The monoisotopic (exact) mass is 173 g/mol. The van der Waals surface area contributed by atoms with Gasteiger partial charge in [-0.25, -0.2) is 0 Å². The topological polar surface area (TPSA) is 30.5 Å². The number of hydrogen-bond acceptors (Lipinski definition) is 3. The summed E-state index contributed by atoms with van der Waals surface area (Å²) < 4.78 is 11.1. The van der Waals surface area contributed by atoms with Crippen LogP contribution in [-0.2, 0) is 9.47 Å². The van der Waals surface area contributed by atoms with Gasteiger partial charge in [-0.05, 0) is 13.3 Å². The van der Waals surface area contributed by atoms with E-state index in [0.717, 1.165) is 32.7 Å². The minimum absolute atomic E-state index is 0.220. The van der Waals surface area contributed by atoms with Gasteiger partial charge >= 0.3 is 0 Å². The van der Waals surface area contributed by atoms with E-state index in [1.807, 2.05) is 0 Å². The van der Waals surface area contributed by atoms with Gasteiger partial charge in [0, 0.05) is 19.7 Å². The molecule has 0 aromatic rings. The minimum atomic E-state index is 0.220. The highest BCUT2D eigenvalue weighted by molar-refractivity contribution is 4.72. The molecule has 2 atom stereocenters. The predicted octanol–water partition coefficient (Wildman–Crippen LogP) is 0.790. The summed E-state index contributed by atoms with van der Waals surface area (Å²) in [4.78, 5) is 0. The number of ether oxygens (including phenoxy) is 2. The quantitative estimate of drug-likeness (QED) is 0.682. The third-order valence-electron chi connectivity index (χ3n) is 2.06. The van der Waals surface area contributed by atoms with Gasteiger partial charge in [-0.15, -0.1) is 0 Å². The predicted molar refractivity (Wildman–Crippen MR) is 48.3 cm³/mol. The second-order valence-corrected chi connectivity index (χ2v) is 3.19. The first-order valence-electron chi connectivity index (χ1n) is 4.78. The summed E-state index contributed by atoms with van der Waals surface area (Å²) in [6.45, 7) is 7.73. The summed E-state index contributed by atoms with van der Waals surface area (Å²) in [6.07, 6.45) is 1.54. The van der Waals surface area contributed by atoms with Gasteiger partial charge in [-0.3, -0.25) is 0 Å². The fourth-order valence-electron chi connectivity index (χ4n) is 1.30. The van der Waals surface area contributed by atoms with E-state index < -0.39 is 0 Å². The molecule has 1 N–H and O–H groups in total. The van der Waals surface area contributed by atoms with Crippen LogP contribution in [0.15, 0.2) is 0 Å². The Labute approximate surface area is 74.4 Å². The lowest BCUT2D eigenvalue weighted by atomic mass is 10.2. The summed E-state index contributed by atoms with van der Waals surface area (Å²) in [6, 6.07) is 0.